The third kappa shape index (κ3) is 3.18. The molecule has 1 heterocycles. The van der Waals surface area contributed by atoms with Crippen molar-refractivity contribution in [1.29, 1.82) is 0 Å². The second-order valence-electron chi connectivity index (χ2n) is 8.41. The van der Waals surface area contributed by atoms with E-state index in [1.54, 1.807) is 0 Å². The van der Waals surface area contributed by atoms with E-state index in [0.717, 1.165) is 37.8 Å². The molecule has 0 spiro atoms. The van der Waals surface area contributed by atoms with Crippen molar-refractivity contribution >= 4 is 17.5 Å². The Morgan fingerprint density at radius 2 is 2.28 bits per heavy atom. The molecule has 3 atom stereocenters. The van der Waals surface area contributed by atoms with E-state index in [1.165, 1.54) is 18.2 Å². The number of hydrogen-bond donors (Lipinski definition) is 2. The van der Waals surface area contributed by atoms with E-state index >= 15 is 0 Å². The van der Waals surface area contributed by atoms with Gasteiger partial charge in [0.15, 0.2) is 6.61 Å². The molecule has 9 heteroatoms. The van der Waals surface area contributed by atoms with E-state index in [0.29, 0.717) is 5.92 Å². The number of carbonyl (C=O) groups is 1. The molecule has 1 amide bonds. The van der Waals surface area contributed by atoms with E-state index in [-0.39, 0.29) is 46.9 Å². The summed E-state index contributed by atoms with van der Waals surface area (Å²) >= 11 is 5.64. The zero-order chi connectivity index (χ0) is 20.2. The Morgan fingerprint density at radius 1 is 1.45 bits per heavy atom. The highest BCUT2D eigenvalue weighted by molar-refractivity contribution is 6.30. The fourth-order valence-electron chi connectivity index (χ4n) is 4.87. The number of halogens is 2. The summed E-state index contributed by atoms with van der Waals surface area (Å²) in [4.78, 5) is 12.2. The van der Waals surface area contributed by atoms with E-state index in [2.05, 4.69) is 15.6 Å². The summed E-state index contributed by atoms with van der Waals surface area (Å²) in [7, 11) is 0. The maximum Gasteiger partial charge on any atom is 0.258 e. The van der Waals surface area contributed by atoms with Gasteiger partial charge in [0.2, 0.25) is 0 Å². The lowest BCUT2D eigenvalue weighted by Crippen LogP contribution is -2.67. The molecule has 3 saturated carbocycles. The lowest BCUT2D eigenvalue weighted by Gasteiger charge is -2.62. The topological polar surface area (TPSA) is 89.3 Å². The second-order valence-corrected chi connectivity index (χ2v) is 8.81. The molecule has 3 fully saturated rings. The number of rotatable bonds is 6. The minimum absolute atomic E-state index is 0.0126. The number of aliphatic hydroxyl groups is 1. The molecule has 0 aliphatic heterocycles. The number of amides is 1. The van der Waals surface area contributed by atoms with Gasteiger partial charge >= 0.3 is 0 Å². The molecule has 0 bridgehead atoms. The molecule has 2 aromatic rings. The average molecular weight is 421 g/mol. The summed E-state index contributed by atoms with van der Waals surface area (Å²) in [6.07, 6.45) is 6.19. The third-order valence-corrected chi connectivity index (χ3v) is 7.08. The molecule has 29 heavy (non-hydrogen) atoms. The zero-order valence-corrected chi connectivity index (χ0v) is 16.5. The minimum Gasteiger partial charge on any atom is -0.484 e. The maximum absolute atomic E-state index is 13.4. The van der Waals surface area contributed by atoms with Gasteiger partial charge in [-0.3, -0.25) is 4.79 Å². The molecule has 2 N–H and O–H groups in total. The number of aromatic nitrogens is 3. The van der Waals surface area contributed by atoms with Gasteiger partial charge in [-0.15, -0.1) is 5.10 Å². The normalized spacial score (nSPS) is 32.4. The first-order valence-corrected chi connectivity index (χ1v) is 10.3. The number of ether oxygens (including phenoxy) is 1. The van der Waals surface area contributed by atoms with Gasteiger partial charge in [-0.05, 0) is 50.2 Å². The Morgan fingerprint density at radius 3 is 2.93 bits per heavy atom. The summed E-state index contributed by atoms with van der Waals surface area (Å²) in [6.45, 7) is -0.169. The van der Waals surface area contributed by atoms with Crippen LogP contribution in [0.15, 0.2) is 24.4 Å². The lowest BCUT2D eigenvalue weighted by molar-refractivity contribution is -0.129. The number of aliphatic hydroxyl groups excluding tert-OH is 1. The molecule has 1 aromatic heterocycles. The van der Waals surface area contributed by atoms with Crippen LogP contribution < -0.4 is 10.1 Å². The number of fused-ring (bicyclic) bond motifs is 1. The van der Waals surface area contributed by atoms with Gasteiger partial charge in [0.1, 0.15) is 11.6 Å². The number of nitrogens with zero attached hydrogens (tertiary/aromatic N) is 3. The van der Waals surface area contributed by atoms with Crippen molar-refractivity contribution in [2.75, 3.05) is 6.61 Å². The fourth-order valence-corrected chi connectivity index (χ4v) is 4.99. The highest BCUT2D eigenvalue weighted by Gasteiger charge is 2.62. The number of benzene rings is 1. The molecule has 0 saturated heterocycles. The van der Waals surface area contributed by atoms with E-state index < -0.39 is 5.82 Å². The first-order valence-electron chi connectivity index (χ1n) is 9.92. The first kappa shape index (κ1) is 18.8. The second kappa shape index (κ2) is 6.95. The van der Waals surface area contributed by atoms with Crippen molar-refractivity contribution in [3.63, 3.8) is 0 Å². The van der Waals surface area contributed by atoms with Crippen molar-refractivity contribution < 1.29 is 19.0 Å². The SMILES string of the molecule is O=C(COc1ccc(Cl)c(F)c1)NC1CC2(c3cn([C@H]4C[C@@H](O)C4)nn3)CCC12. The molecule has 5 rings (SSSR count). The van der Waals surface area contributed by atoms with E-state index in [4.69, 9.17) is 16.3 Å². The number of hydrogen-bond acceptors (Lipinski definition) is 5. The van der Waals surface area contributed by atoms with Gasteiger partial charge in [-0.25, -0.2) is 9.07 Å². The van der Waals surface area contributed by atoms with Crippen LogP contribution in [0.3, 0.4) is 0 Å². The molecule has 3 aliphatic carbocycles. The van der Waals surface area contributed by atoms with Crippen molar-refractivity contribution in [1.82, 2.24) is 20.3 Å². The summed E-state index contributed by atoms with van der Waals surface area (Å²) in [6, 6.07) is 4.43. The molecular weight excluding hydrogens is 399 g/mol. The van der Waals surface area contributed by atoms with Crippen LogP contribution in [0.5, 0.6) is 5.75 Å². The Hall–Kier alpha value is -2.19. The van der Waals surface area contributed by atoms with Crippen LogP contribution in [0.4, 0.5) is 4.39 Å². The van der Waals surface area contributed by atoms with Gasteiger partial charge < -0.3 is 15.2 Å². The standard InChI is InChI=1S/C20H22ClFN4O3/c21-15-2-1-13(7-16(15)22)29-10-19(28)23-17-8-20(4-3-14(17)20)18-9-26(25-24-18)11-5-12(27)6-11/h1-2,7,9,11-12,14,17,27H,3-6,8,10H2,(H,23,28)/t11-,12+,14?,17?,20?. The largest absolute Gasteiger partial charge is 0.484 e. The van der Waals surface area contributed by atoms with Gasteiger partial charge in [0.05, 0.1) is 22.9 Å². The van der Waals surface area contributed by atoms with Crippen LogP contribution in [-0.4, -0.2) is 44.8 Å². The van der Waals surface area contributed by atoms with Crippen LogP contribution >= 0.6 is 11.6 Å². The molecule has 0 radical (unpaired) electrons. The van der Waals surface area contributed by atoms with Crippen LogP contribution in [0.1, 0.15) is 43.8 Å². The number of nitrogens with one attached hydrogen (secondary N) is 1. The molecular formula is C20H22ClFN4O3. The minimum atomic E-state index is -0.577. The van der Waals surface area contributed by atoms with Gasteiger partial charge in [0.25, 0.3) is 5.91 Å². The summed E-state index contributed by atoms with van der Waals surface area (Å²) in [5, 5.41) is 21.2. The Labute approximate surface area is 172 Å². The van der Waals surface area contributed by atoms with Crippen molar-refractivity contribution in [2.45, 2.75) is 55.7 Å². The third-order valence-electron chi connectivity index (χ3n) is 6.77. The number of carbonyl (C=O) groups excluding carboxylic acids is 1. The zero-order valence-electron chi connectivity index (χ0n) is 15.7. The van der Waals surface area contributed by atoms with Crippen LogP contribution in [0.25, 0.3) is 0 Å². The predicted molar refractivity (Wildman–Crippen MR) is 102 cm³/mol. The predicted octanol–water partition coefficient (Wildman–Crippen LogP) is 2.38. The fraction of sp³-hybridized carbons (Fsp3) is 0.550. The first-order chi connectivity index (χ1) is 13.9. The van der Waals surface area contributed by atoms with Crippen LogP contribution in [0.2, 0.25) is 5.02 Å². The van der Waals surface area contributed by atoms with Crippen molar-refractivity contribution in [2.24, 2.45) is 5.92 Å². The Bertz CT molecular complexity index is 948. The Balaban J connectivity index is 1.14. The molecule has 7 nitrogen and oxygen atoms in total. The summed E-state index contributed by atoms with van der Waals surface area (Å²) in [5.74, 6) is -0.173. The van der Waals surface area contributed by atoms with Gasteiger partial charge in [0, 0.05) is 23.7 Å². The monoisotopic (exact) mass is 420 g/mol. The Kier molecular flexibility index (Phi) is 4.51. The quantitative estimate of drug-likeness (QED) is 0.749. The summed E-state index contributed by atoms with van der Waals surface area (Å²) in [5.41, 5.74) is 1.01. The highest BCUT2D eigenvalue weighted by Crippen LogP contribution is 2.61. The maximum atomic E-state index is 13.4. The van der Waals surface area contributed by atoms with Crippen molar-refractivity contribution in [3.05, 3.63) is 40.9 Å². The molecule has 154 valence electrons. The highest BCUT2D eigenvalue weighted by atomic mass is 35.5. The van der Waals surface area contributed by atoms with E-state index in [1.807, 2.05) is 10.9 Å². The average Bonchev–Trinajstić information content (AvgIpc) is 3.13. The summed E-state index contributed by atoms with van der Waals surface area (Å²) < 4.78 is 20.7. The lowest BCUT2D eigenvalue weighted by atomic mass is 9.44. The smallest absolute Gasteiger partial charge is 0.258 e. The molecule has 3 aliphatic rings. The molecule has 3 unspecified atom stereocenters. The van der Waals surface area contributed by atoms with Crippen LogP contribution in [-0.2, 0) is 10.2 Å². The van der Waals surface area contributed by atoms with Gasteiger partial charge in [-0.1, -0.05) is 16.8 Å². The molecule has 1 aromatic carbocycles. The van der Waals surface area contributed by atoms with Crippen LogP contribution in [0, 0.1) is 11.7 Å². The van der Waals surface area contributed by atoms with Crippen molar-refractivity contribution in [3.8, 4) is 5.75 Å². The van der Waals surface area contributed by atoms with E-state index in [9.17, 15) is 14.3 Å². The van der Waals surface area contributed by atoms with Gasteiger partial charge in [-0.2, -0.15) is 0 Å².